The molecule has 0 heteroatoms. The minimum atomic E-state index is -0.226. The summed E-state index contributed by atoms with van der Waals surface area (Å²) in [6.07, 6.45) is 9.53. The molecule has 0 spiro atoms. The lowest BCUT2D eigenvalue weighted by molar-refractivity contribution is 0.527. The molecule has 0 amide bonds. The van der Waals surface area contributed by atoms with Gasteiger partial charge in [0.25, 0.3) is 0 Å². The highest BCUT2D eigenvalue weighted by molar-refractivity contribution is 5.55. The summed E-state index contributed by atoms with van der Waals surface area (Å²) >= 11 is 0. The molecular formula is C27H26. The van der Waals surface area contributed by atoms with E-state index in [-0.39, 0.29) is 5.41 Å². The summed E-state index contributed by atoms with van der Waals surface area (Å²) in [5.41, 5.74) is 5.24. The summed E-state index contributed by atoms with van der Waals surface area (Å²) in [4.78, 5) is 0. The van der Waals surface area contributed by atoms with Crippen molar-refractivity contribution >= 4 is 0 Å². The van der Waals surface area contributed by atoms with Crippen molar-refractivity contribution in [3.8, 4) is 0 Å². The second-order valence-electron chi connectivity index (χ2n) is 7.28. The van der Waals surface area contributed by atoms with Crippen LogP contribution >= 0.6 is 0 Å². The molecule has 0 aromatic heterocycles. The Morgan fingerprint density at radius 2 is 1.11 bits per heavy atom. The van der Waals surface area contributed by atoms with Gasteiger partial charge in [-0.25, -0.2) is 0 Å². The standard InChI is InChI=1S/C27H26/c1-2-12-22-19-20-26(21-22)27(23-13-6-3-7-14-23,24-15-8-4-9-16-24)25-17-10-5-11-18-25/h3-11,13-21,26H,2,12H2,1H3. The highest BCUT2D eigenvalue weighted by atomic mass is 14.4. The van der Waals surface area contributed by atoms with Crippen LogP contribution < -0.4 is 0 Å². The van der Waals surface area contributed by atoms with E-state index in [0.29, 0.717) is 5.92 Å². The van der Waals surface area contributed by atoms with Gasteiger partial charge in [0.2, 0.25) is 0 Å². The first-order valence-electron chi connectivity index (χ1n) is 9.91. The Morgan fingerprint density at radius 1 is 0.667 bits per heavy atom. The maximum Gasteiger partial charge on any atom is 0.0548 e. The van der Waals surface area contributed by atoms with E-state index in [9.17, 15) is 0 Å². The molecule has 0 nitrogen and oxygen atoms in total. The van der Waals surface area contributed by atoms with Crippen LogP contribution in [0.25, 0.3) is 0 Å². The average Bonchev–Trinajstić information content (AvgIpc) is 3.20. The van der Waals surface area contributed by atoms with Crippen LogP contribution in [0.15, 0.2) is 115 Å². The predicted octanol–water partition coefficient (Wildman–Crippen LogP) is 6.93. The number of hydrogen-bond donors (Lipinski definition) is 0. The van der Waals surface area contributed by atoms with Gasteiger partial charge in [-0.15, -0.1) is 0 Å². The van der Waals surface area contributed by atoms with E-state index in [2.05, 4.69) is 116 Å². The Bertz CT molecular complexity index is 821. The fourth-order valence-corrected chi connectivity index (χ4v) is 4.47. The van der Waals surface area contributed by atoms with E-state index in [1.807, 2.05) is 0 Å². The van der Waals surface area contributed by atoms with Crippen LogP contribution in [0.3, 0.4) is 0 Å². The Morgan fingerprint density at radius 3 is 1.52 bits per heavy atom. The zero-order valence-corrected chi connectivity index (χ0v) is 15.9. The monoisotopic (exact) mass is 350 g/mol. The molecule has 1 atom stereocenters. The zero-order valence-electron chi connectivity index (χ0n) is 15.9. The van der Waals surface area contributed by atoms with Crippen molar-refractivity contribution in [3.63, 3.8) is 0 Å². The van der Waals surface area contributed by atoms with Gasteiger partial charge in [0, 0.05) is 5.92 Å². The van der Waals surface area contributed by atoms with E-state index < -0.39 is 0 Å². The van der Waals surface area contributed by atoms with E-state index in [1.165, 1.54) is 28.7 Å². The molecule has 0 aliphatic heterocycles. The number of rotatable bonds is 6. The molecule has 3 aromatic carbocycles. The molecule has 1 aliphatic rings. The zero-order chi connectivity index (χ0) is 18.5. The van der Waals surface area contributed by atoms with Crippen molar-refractivity contribution in [1.82, 2.24) is 0 Å². The lowest BCUT2D eigenvalue weighted by Crippen LogP contribution is -2.35. The molecule has 4 rings (SSSR count). The highest BCUT2D eigenvalue weighted by Gasteiger charge is 2.42. The van der Waals surface area contributed by atoms with Gasteiger partial charge in [0.1, 0.15) is 0 Å². The Labute approximate surface area is 162 Å². The van der Waals surface area contributed by atoms with Gasteiger partial charge in [0.05, 0.1) is 5.41 Å². The molecule has 0 N–H and O–H groups in total. The largest absolute Gasteiger partial charge is 0.0758 e. The summed E-state index contributed by atoms with van der Waals surface area (Å²) in [6.45, 7) is 2.25. The van der Waals surface area contributed by atoms with Crippen LogP contribution in [0.1, 0.15) is 36.5 Å². The molecule has 0 radical (unpaired) electrons. The van der Waals surface area contributed by atoms with Gasteiger partial charge in [-0.2, -0.15) is 0 Å². The summed E-state index contributed by atoms with van der Waals surface area (Å²) in [6, 6.07) is 32.9. The first kappa shape index (κ1) is 17.5. The van der Waals surface area contributed by atoms with Crippen LogP contribution in [0.2, 0.25) is 0 Å². The molecule has 0 fully saturated rings. The van der Waals surface area contributed by atoms with Crippen LogP contribution in [0, 0.1) is 5.92 Å². The summed E-state index contributed by atoms with van der Waals surface area (Å²) < 4.78 is 0. The number of hydrogen-bond acceptors (Lipinski definition) is 0. The number of allylic oxidation sites excluding steroid dienone is 4. The number of benzene rings is 3. The second kappa shape index (κ2) is 7.80. The lowest BCUT2D eigenvalue weighted by Gasteiger charge is -2.40. The maximum atomic E-state index is 2.48. The topological polar surface area (TPSA) is 0 Å². The van der Waals surface area contributed by atoms with Crippen molar-refractivity contribution in [2.24, 2.45) is 5.92 Å². The first-order valence-corrected chi connectivity index (χ1v) is 9.91. The highest BCUT2D eigenvalue weighted by Crippen LogP contribution is 2.48. The smallest absolute Gasteiger partial charge is 0.0548 e. The fourth-order valence-electron chi connectivity index (χ4n) is 4.47. The molecule has 0 bridgehead atoms. The molecule has 1 unspecified atom stereocenters. The Hall–Kier alpha value is -2.86. The molecule has 0 saturated heterocycles. The molecule has 27 heavy (non-hydrogen) atoms. The Balaban J connectivity index is 2.01. The third kappa shape index (κ3) is 3.17. The van der Waals surface area contributed by atoms with Crippen molar-refractivity contribution in [1.29, 1.82) is 0 Å². The van der Waals surface area contributed by atoms with Gasteiger partial charge >= 0.3 is 0 Å². The Kier molecular flexibility index (Phi) is 5.07. The predicted molar refractivity (Wildman–Crippen MR) is 115 cm³/mol. The first-order chi connectivity index (χ1) is 13.4. The average molecular weight is 351 g/mol. The fraction of sp³-hybridized carbons (Fsp3) is 0.185. The quantitative estimate of drug-likeness (QED) is 0.423. The minimum absolute atomic E-state index is 0.226. The summed E-state index contributed by atoms with van der Waals surface area (Å²) in [5, 5.41) is 0. The van der Waals surface area contributed by atoms with Crippen LogP contribution in [0.4, 0.5) is 0 Å². The lowest BCUT2D eigenvalue weighted by atomic mass is 9.62. The SMILES string of the molecule is CCCC1=CC(C(c2ccccc2)(c2ccccc2)c2ccccc2)C=C1. The van der Waals surface area contributed by atoms with E-state index in [1.54, 1.807) is 0 Å². The van der Waals surface area contributed by atoms with E-state index in [0.717, 1.165) is 6.42 Å². The molecule has 3 aromatic rings. The third-order valence-corrected chi connectivity index (χ3v) is 5.64. The summed E-state index contributed by atoms with van der Waals surface area (Å²) in [7, 11) is 0. The van der Waals surface area contributed by atoms with Gasteiger partial charge in [-0.05, 0) is 23.1 Å². The normalized spacial score (nSPS) is 16.3. The van der Waals surface area contributed by atoms with Crippen molar-refractivity contribution in [2.75, 3.05) is 0 Å². The molecule has 1 aliphatic carbocycles. The van der Waals surface area contributed by atoms with Crippen molar-refractivity contribution < 1.29 is 0 Å². The molecular weight excluding hydrogens is 324 g/mol. The van der Waals surface area contributed by atoms with Gasteiger partial charge in [0.15, 0.2) is 0 Å². The van der Waals surface area contributed by atoms with Crippen LogP contribution in [-0.2, 0) is 5.41 Å². The van der Waals surface area contributed by atoms with E-state index >= 15 is 0 Å². The third-order valence-electron chi connectivity index (χ3n) is 5.64. The van der Waals surface area contributed by atoms with Crippen LogP contribution in [-0.4, -0.2) is 0 Å². The molecule has 134 valence electrons. The maximum absolute atomic E-state index is 2.48. The van der Waals surface area contributed by atoms with Crippen LogP contribution in [0.5, 0.6) is 0 Å². The van der Waals surface area contributed by atoms with E-state index in [4.69, 9.17) is 0 Å². The van der Waals surface area contributed by atoms with Crippen molar-refractivity contribution in [3.05, 3.63) is 131 Å². The molecule has 0 heterocycles. The summed E-state index contributed by atoms with van der Waals surface area (Å²) in [5.74, 6) is 0.297. The van der Waals surface area contributed by atoms with Gasteiger partial charge in [-0.1, -0.05) is 128 Å². The van der Waals surface area contributed by atoms with Gasteiger partial charge < -0.3 is 0 Å². The molecule has 0 saturated carbocycles. The minimum Gasteiger partial charge on any atom is -0.0758 e. The van der Waals surface area contributed by atoms with Crippen molar-refractivity contribution in [2.45, 2.75) is 25.2 Å². The second-order valence-corrected chi connectivity index (χ2v) is 7.28. The van der Waals surface area contributed by atoms with Gasteiger partial charge in [-0.3, -0.25) is 0 Å².